The maximum atomic E-state index is 12.6. The molecule has 0 unspecified atom stereocenters. The van der Waals surface area contributed by atoms with E-state index in [2.05, 4.69) is 4.98 Å². The molecule has 170 valence electrons. The van der Waals surface area contributed by atoms with Gasteiger partial charge in [0.2, 0.25) is 0 Å². The number of hydrogen-bond donors (Lipinski definition) is 0. The van der Waals surface area contributed by atoms with Crippen LogP contribution in [-0.2, 0) is 24.4 Å². The van der Waals surface area contributed by atoms with Gasteiger partial charge in [-0.2, -0.15) is 0 Å². The molecule has 1 aromatic heterocycles. The van der Waals surface area contributed by atoms with Crippen LogP contribution in [0.1, 0.15) is 19.4 Å². The third kappa shape index (κ3) is 4.30. The van der Waals surface area contributed by atoms with Crippen LogP contribution in [0.3, 0.4) is 0 Å². The molecule has 0 spiro atoms. The highest BCUT2D eigenvalue weighted by Crippen LogP contribution is 2.38. The summed E-state index contributed by atoms with van der Waals surface area (Å²) in [7, 11) is -6.83. The van der Waals surface area contributed by atoms with E-state index in [1.807, 2.05) is 54.6 Å². The van der Waals surface area contributed by atoms with E-state index >= 15 is 0 Å². The first-order chi connectivity index (χ1) is 15.4. The van der Waals surface area contributed by atoms with E-state index in [4.69, 9.17) is 0 Å². The van der Waals surface area contributed by atoms with Gasteiger partial charge in [-0.1, -0.05) is 42.5 Å². The highest BCUT2D eigenvalue weighted by molar-refractivity contribution is 7.91. The van der Waals surface area contributed by atoms with Crippen molar-refractivity contribution in [3.05, 3.63) is 84.6 Å². The quantitative estimate of drug-likeness (QED) is 0.390. The van der Waals surface area contributed by atoms with Crippen molar-refractivity contribution in [2.75, 3.05) is 12.5 Å². The van der Waals surface area contributed by atoms with E-state index in [9.17, 15) is 16.8 Å². The Hall–Kier alpha value is -3.03. The van der Waals surface area contributed by atoms with Crippen LogP contribution in [0.25, 0.3) is 33.2 Å². The minimum Gasteiger partial charge on any atom is -0.256 e. The summed E-state index contributed by atoms with van der Waals surface area (Å²) >= 11 is 0. The van der Waals surface area contributed by atoms with Crippen molar-refractivity contribution in [3.63, 3.8) is 0 Å². The van der Waals surface area contributed by atoms with Gasteiger partial charge in [-0.15, -0.1) is 0 Å². The molecular weight excluding hydrogens is 454 g/mol. The molecule has 33 heavy (non-hydrogen) atoms. The average Bonchev–Trinajstić information content (AvgIpc) is 2.77. The second-order valence-electron chi connectivity index (χ2n) is 8.73. The zero-order chi connectivity index (χ0) is 24.0. The molecule has 0 saturated carbocycles. The molecule has 0 N–H and O–H groups in total. The normalized spacial score (nSPS) is 12.7. The standard InChI is InChI=1S/C26H25NO4S2/c1-26(2,33(4,30)31)23-17-21(16-20-11-8-14-27-25(20)23)18-9-7-10-19(15-18)22-12-5-6-13-24(22)32(3,28)29/h5-17H,1-4H3. The molecule has 0 saturated heterocycles. The molecule has 4 aromatic rings. The molecule has 0 bridgehead atoms. The van der Waals surface area contributed by atoms with E-state index < -0.39 is 24.4 Å². The maximum absolute atomic E-state index is 12.6. The van der Waals surface area contributed by atoms with Crippen LogP contribution < -0.4 is 0 Å². The molecule has 4 rings (SSSR count). The monoisotopic (exact) mass is 479 g/mol. The Kier molecular flexibility index (Phi) is 5.66. The summed E-state index contributed by atoms with van der Waals surface area (Å²) in [5, 5.41) is 0.837. The van der Waals surface area contributed by atoms with Crippen LogP contribution in [0.2, 0.25) is 0 Å². The Morgan fingerprint density at radius 1 is 0.727 bits per heavy atom. The van der Waals surface area contributed by atoms with Gasteiger partial charge in [-0.25, -0.2) is 16.8 Å². The third-order valence-corrected chi connectivity index (χ3v) is 9.30. The Morgan fingerprint density at radius 3 is 2.12 bits per heavy atom. The van der Waals surface area contributed by atoms with Crippen LogP contribution in [-0.4, -0.2) is 34.3 Å². The van der Waals surface area contributed by atoms with E-state index in [1.165, 1.54) is 12.5 Å². The van der Waals surface area contributed by atoms with Gasteiger partial charge in [-0.05, 0) is 66.4 Å². The Balaban J connectivity index is 1.96. The average molecular weight is 480 g/mol. The zero-order valence-corrected chi connectivity index (χ0v) is 20.5. The lowest BCUT2D eigenvalue weighted by atomic mass is 9.92. The second-order valence-corrected chi connectivity index (χ2v) is 13.3. The molecule has 5 nitrogen and oxygen atoms in total. The third-order valence-electron chi connectivity index (χ3n) is 6.07. The molecule has 0 amide bonds. The van der Waals surface area contributed by atoms with Crippen LogP contribution in [0.5, 0.6) is 0 Å². The van der Waals surface area contributed by atoms with Gasteiger partial charge >= 0.3 is 0 Å². The van der Waals surface area contributed by atoms with Gasteiger partial charge in [0.15, 0.2) is 19.7 Å². The van der Waals surface area contributed by atoms with Crippen LogP contribution in [0.4, 0.5) is 0 Å². The summed E-state index contributed by atoms with van der Waals surface area (Å²) in [4.78, 5) is 4.74. The van der Waals surface area contributed by atoms with E-state index in [0.717, 1.165) is 22.1 Å². The SMILES string of the molecule is CC(C)(c1cc(-c2cccc(-c3ccccc3S(C)(=O)=O)c2)cc2cccnc12)S(C)(=O)=O. The van der Waals surface area contributed by atoms with Crippen LogP contribution in [0.15, 0.2) is 83.9 Å². The summed E-state index contributed by atoms with van der Waals surface area (Å²) in [6, 6.07) is 22.1. The fourth-order valence-electron chi connectivity index (χ4n) is 3.91. The topological polar surface area (TPSA) is 81.2 Å². The van der Waals surface area contributed by atoms with Gasteiger partial charge in [0, 0.05) is 29.7 Å². The molecule has 0 fully saturated rings. The molecule has 0 aliphatic heterocycles. The highest BCUT2D eigenvalue weighted by Gasteiger charge is 2.34. The predicted octanol–water partition coefficient (Wildman–Crippen LogP) is 5.25. The minimum absolute atomic E-state index is 0.267. The van der Waals surface area contributed by atoms with Gasteiger partial charge < -0.3 is 0 Å². The zero-order valence-electron chi connectivity index (χ0n) is 18.9. The number of pyridine rings is 1. The first kappa shape index (κ1) is 23.1. The molecular formula is C26H25NO4S2. The number of rotatable bonds is 5. The first-order valence-electron chi connectivity index (χ1n) is 10.4. The highest BCUT2D eigenvalue weighted by atomic mass is 32.2. The van der Waals surface area contributed by atoms with E-state index in [1.54, 1.807) is 38.2 Å². The van der Waals surface area contributed by atoms with Crippen molar-refractivity contribution in [2.24, 2.45) is 0 Å². The number of hydrogen-bond acceptors (Lipinski definition) is 5. The lowest BCUT2D eigenvalue weighted by Crippen LogP contribution is -2.28. The lowest BCUT2D eigenvalue weighted by Gasteiger charge is -2.25. The fraction of sp³-hybridized carbons (Fsp3) is 0.192. The van der Waals surface area contributed by atoms with Gasteiger partial charge in [0.05, 0.1) is 15.2 Å². The molecule has 3 aromatic carbocycles. The molecule has 0 aliphatic carbocycles. The summed E-state index contributed by atoms with van der Waals surface area (Å²) < 4.78 is 48.7. The summed E-state index contributed by atoms with van der Waals surface area (Å²) in [5.41, 5.74) is 4.35. The number of benzene rings is 3. The van der Waals surface area contributed by atoms with Gasteiger partial charge in [0.1, 0.15) is 0 Å². The van der Waals surface area contributed by atoms with Crippen LogP contribution in [0, 0.1) is 0 Å². The van der Waals surface area contributed by atoms with Crippen molar-refractivity contribution in [1.82, 2.24) is 4.98 Å². The molecule has 0 atom stereocenters. The van der Waals surface area contributed by atoms with Crippen molar-refractivity contribution in [1.29, 1.82) is 0 Å². The Morgan fingerprint density at radius 2 is 1.42 bits per heavy atom. The lowest BCUT2D eigenvalue weighted by molar-refractivity contribution is 0.562. The van der Waals surface area contributed by atoms with Crippen LogP contribution >= 0.6 is 0 Å². The largest absolute Gasteiger partial charge is 0.256 e. The maximum Gasteiger partial charge on any atom is 0.176 e. The first-order valence-corrected chi connectivity index (χ1v) is 14.2. The summed E-state index contributed by atoms with van der Waals surface area (Å²) in [6.07, 6.45) is 4.09. The van der Waals surface area contributed by atoms with E-state index in [-0.39, 0.29) is 4.90 Å². The van der Waals surface area contributed by atoms with Crippen molar-refractivity contribution < 1.29 is 16.8 Å². The summed E-state index contributed by atoms with van der Waals surface area (Å²) in [5.74, 6) is 0. The number of fused-ring (bicyclic) bond motifs is 1. The Labute approximate surface area is 195 Å². The molecule has 0 aliphatic rings. The minimum atomic E-state index is -3.43. The Bertz CT molecular complexity index is 1590. The second kappa shape index (κ2) is 8.08. The van der Waals surface area contributed by atoms with Gasteiger partial charge in [0.25, 0.3) is 0 Å². The number of aromatic nitrogens is 1. The molecule has 1 heterocycles. The number of nitrogens with zero attached hydrogens (tertiary/aromatic N) is 1. The van der Waals surface area contributed by atoms with Crippen molar-refractivity contribution >= 4 is 30.6 Å². The fourth-order valence-corrected chi connectivity index (χ4v) is 5.38. The smallest absolute Gasteiger partial charge is 0.176 e. The molecule has 7 heteroatoms. The molecule has 0 radical (unpaired) electrons. The van der Waals surface area contributed by atoms with Crippen molar-refractivity contribution in [3.8, 4) is 22.3 Å². The van der Waals surface area contributed by atoms with Crippen molar-refractivity contribution in [2.45, 2.75) is 23.5 Å². The predicted molar refractivity (Wildman–Crippen MR) is 134 cm³/mol. The van der Waals surface area contributed by atoms with Gasteiger partial charge in [-0.3, -0.25) is 4.98 Å². The van der Waals surface area contributed by atoms with E-state index in [0.29, 0.717) is 16.6 Å². The number of sulfone groups is 2. The summed E-state index contributed by atoms with van der Waals surface area (Å²) in [6.45, 7) is 3.38.